The van der Waals surface area contributed by atoms with Crippen molar-refractivity contribution in [1.29, 1.82) is 0 Å². The van der Waals surface area contributed by atoms with Crippen molar-refractivity contribution in [3.63, 3.8) is 0 Å². The molecule has 0 fully saturated rings. The van der Waals surface area contributed by atoms with E-state index in [-0.39, 0.29) is 11.8 Å². The number of amides is 1. The highest BCUT2D eigenvalue weighted by Crippen LogP contribution is 2.17. The van der Waals surface area contributed by atoms with E-state index in [1.165, 1.54) is 0 Å². The second-order valence-corrected chi connectivity index (χ2v) is 5.69. The van der Waals surface area contributed by atoms with Gasteiger partial charge in [-0.15, -0.1) is 0 Å². The summed E-state index contributed by atoms with van der Waals surface area (Å²) >= 11 is 2.10. The van der Waals surface area contributed by atoms with Crippen molar-refractivity contribution in [3.8, 4) is 0 Å². The minimum atomic E-state index is -0.995. The molecule has 1 aromatic rings. The van der Waals surface area contributed by atoms with E-state index in [1.807, 2.05) is 26.8 Å². The minimum absolute atomic E-state index is 0.107. The molecule has 5 heteroatoms. The molecule has 0 saturated carbocycles. The summed E-state index contributed by atoms with van der Waals surface area (Å²) in [6, 6.07) is 4.57. The molecule has 0 spiro atoms. The number of carbonyl (C=O) groups is 2. The fourth-order valence-corrected chi connectivity index (χ4v) is 2.33. The third-order valence-corrected chi connectivity index (χ3v) is 4.63. The van der Waals surface area contributed by atoms with E-state index in [4.69, 9.17) is 0 Å². The number of aryl methyl sites for hydroxylation is 1. The molecule has 1 amide bonds. The van der Waals surface area contributed by atoms with Crippen LogP contribution in [-0.2, 0) is 4.79 Å². The van der Waals surface area contributed by atoms with Gasteiger partial charge < -0.3 is 10.4 Å². The summed E-state index contributed by atoms with van der Waals surface area (Å²) in [5.74, 6) is -1.44. The van der Waals surface area contributed by atoms with Crippen LogP contribution in [0.25, 0.3) is 0 Å². The van der Waals surface area contributed by atoms with E-state index in [9.17, 15) is 14.7 Å². The van der Waals surface area contributed by atoms with Gasteiger partial charge >= 0.3 is 5.97 Å². The van der Waals surface area contributed by atoms with Crippen molar-refractivity contribution in [3.05, 3.63) is 32.9 Å². The molecule has 0 aliphatic rings. The average molecular weight is 375 g/mol. The molecule has 2 atom stereocenters. The summed E-state index contributed by atoms with van der Waals surface area (Å²) < 4.78 is 0.853. The fraction of sp³-hybridized carbons (Fsp3) is 0.429. The number of carboxylic acids is 1. The zero-order valence-corrected chi connectivity index (χ0v) is 13.4. The van der Waals surface area contributed by atoms with Crippen LogP contribution in [-0.4, -0.2) is 23.0 Å². The molecule has 1 rings (SSSR count). The Morgan fingerprint density at radius 1 is 1.42 bits per heavy atom. The third kappa shape index (κ3) is 3.92. The smallest absolute Gasteiger partial charge is 0.326 e. The second kappa shape index (κ2) is 6.88. The highest BCUT2D eigenvalue weighted by atomic mass is 127. The van der Waals surface area contributed by atoms with Crippen LogP contribution in [0.2, 0.25) is 0 Å². The van der Waals surface area contributed by atoms with Gasteiger partial charge in [0.2, 0.25) is 0 Å². The highest BCUT2D eigenvalue weighted by molar-refractivity contribution is 14.1. The van der Waals surface area contributed by atoms with Gasteiger partial charge in [-0.2, -0.15) is 0 Å². The van der Waals surface area contributed by atoms with E-state index in [0.717, 1.165) is 9.13 Å². The normalized spacial score (nSPS) is 13.7. The van der Waals surface area contributed by atoms with Gasteiger partial charge in [0, 0.05) is 3.57 Å². The average Bonchev–Trinajstić information content (AvgIpc) is 2.37. The van der Waals surface area contributed by atoms with E-state index in [1.54, 1.807) is 12.1 Å². The fourth-order valence-electron chi connectivity index (χ4n) is 1.72. The van der Waals surface area contributed by atoms with E-state index < -0.39 is 12.0 Å². The number of hydrogen-bond donors (Lipinski definition) is 2. The van der Waals surface area contributed by atoms with Crippen LogP contribution >= 0.6 is 22.6 Å². The first-order valence-electron chi connectivity index (χ1n) is 6.17. The molecule has 0 bridgehead atoms. The Balaban J connectivity index is 2.94. The van der Waals surface area contributed by atoms with E-state index in [2.05, 4.69) is 27.9 Å². The molecule has 1 unspecified atom stereocenters. The number of rotatable bonds is 5. The van der Waals surface area contributed by atoms with E-state index >= 15 is 0 Å². The molecule has 0 radical (unpaired) electrons. The monoisotopic (exact) mass is 375 g/mol. The number of halogens is 1. The number of carboxylic acid groups (broad SMARTS) is 1. The number of carbonyl (C=O) groups excluding carboxylic acids is 1. The first-order chi connectivity index (χ1) is 8.88. The molecule has 104 valence electrons. The first kappa shape index (κ1) is 15.9. The van der Waals surface area contributed by atoms with Gasteiger partial charge in [-0.25, -0.2) is 4.79 Å². The first-order valence-corrected chi connectivity index (χ1v) is 7.25. The van der Waals surface area contributed by atoms with Crippen LogP contribution in [0, 0.1) is 16.4 Å². The summed E-state index contributed by atoms with van der Waals surface area (Å²) in [5, 5.41) is 11.8. The maximum Gasteiger partial charge on any atom is 0.326 e. The molecule has 19 heavy (non-hydrogen) atoms. The van der Waals surface area contributed by atoms with Crippen LogP contribution in [0.1, 0.15) is 36.2 Å². The lowest BCUT2D eigenvalue weighted by Crippen LogP contribution is -2.45. The molecule has 0 aromatic heterocycles. The Morgan fingerprint density at radius 2 is 2.05 bits per heavy atom. The standard InChI is InChI=1S/C14H18INO3/c1-4-8(2)12(14(18)19)16-13(17)10-7-5-6-9(3)11(10)15/h5-8,12H,4H2,1-3H3,(H,16,17)(H,18,19)/t8?,12-/m0/s1. The molecular formula is C14H18INO3. The van der Waals surface area contributed by atoms with Crippen molar-refractivity contribution in [1.82, 2.24) is 5.32 Å². The summed E-state index contributed by atoms with van der Waals surface area (Å²) in [6.07, 6.45) is 0.697. The van der Waals surface area contributed by atoms with Gasteiger partial charge in [-0.1, -0.05) is 32.4 Å². The number of benzene rings is 1. The quantitative estimate of drug-likeness (QED) is 0.778. The molecular weight excluding hydrogens is 357 g/mol. The summed E-state index contributed by atoms with van der Waals surface area (Å²) in [4.78, 5) is 23.4. The maximum atomic E-state index is 12.2. The van der Waals surface area contributed by atoms with Crippen molar-refractivity contribution in [2.24, 2.45) is 5.92 Å². The summed E-state index contributed by atoms with van der Waals surface area (Å²) in [5.41, 5.74) is 1.53. The predicted molar refractivity (Wildman–Crippen MR) is 82.2 cm³/mol. The van der Waals surface area contributed by atoms with Gasteiger partial charge in [0.05, 0.1) is 5.56 Å². The van der Waals surface area contributed by atoms with Crippen LogP contribution in [0.5, 0.6) is 0 Å². The van der Waals surface area contributed by atoms with Gasteiger partial charge in [0.15, 0.2) is 0 Å². The molecule has 0 aliphatic carbocycles. The zero-order valence-electron chi connectivity index (χ0n) is 11.2. The van der Waals surface area contributed by atoms with Crippen LogP contribution in [0.4, 0.5) is 0 Å². The van der Waals surface area contributed by atoms with Crippen LogP contribution in [0.15, 0.2) is 18.2 Å². The Labute approximate surface area is 126 Å². The minimum Gasteiger partial charge on any atom is -0.480 e. The van der Waals surface area contributed by atoms with Crippen molar-refractivity contribution in [2.75, 3.05) is 0 Å². The van der Waals surface area contributed by atoms with Crippen LogP contribution < -0.4 is 5.32 Å². The Kier molecular flexibility index (Phi) is 5.78. The third-order valence-electron chi connectivity index (χ3n) is 3.20. The summed E-state index contributed by atoms with van der Waals surface area (Å²) in [7, 11) is 0. The van der Waals surface area contributed by atoms with Gasteiger partial charge in [-0.05, 0) is 47.1 Å². The number of hydrogen-bond acceptors (Lipinski definition) is 2. The molecule has 2 N–H and O–H groups in total. The SMILES string of the molecule is CCC(C)[C@H](NC(=O)c1cccc(C)c1I)C(=O)O. The lowest BCUT2D eigenvalue weighted by molar-refractivity contribution is -0.140. The van der Waals surface area contributed by atoms with Crippen molar-refractivity contribution >= 4 is 34.5 Å². The Hall–Kier alpha value is -1.11. The van der Waals surface area contributed by atoms with Gasteiger partial charge in [0.25, 0.3) is 5.91 Å². The highest BCUT2D eigenvalue weighted by Gasteiger charge is 2.26. The molecule has 1 aromatic carbocycles. The largest absolute Gasteiger partial charge is 0.480 e. The predicted octanol–water partition coefficient (Wildman–Crippen LogP) is 2.83. The Bertz CT molecular complexity index is 488. The molecule has 0 aliphatic heterocycles. The summed E-state index contributed by atoms with van der Waals surface area (Å²) in [6.45, 7) is 5.64. The number of nitrogens with one attached hydrogen (secondary N) is 1. The molecule has 4 nitrogen and oxygen atoms in total. The molecule has 0 heterocycles. The van der Waals surface area contributed by atoms with Crippen LogP contribution in [0.3, 0.4) is 0 Å². The zero-order chi connectivity index (χ0) is 14.6. The van der Waals surface area contributed by atoms with Gasteiger partial charge in [0.1, 0.15) is 6.04 Å². The molecule has 0 saturated heterocycles. The maximum absolute atomic E-state index is 12.2. The van der Waals surface area contributed by atoms with E-state index in [0.29, 0.717) is 12.0 Å². The van der Waals surface area contributed by atoms with Crippen molar-refractivity contribution < 1.29 is 14.7 Å². The lowest BCUT2D eigenvalue weighted by atomic mass is 9.99. The topological polar surface area (TPSA) is 66.4 Å². The second-order valence-electron chi connectivity index (χ2n) is 4.61. The van der Waals surface area contributed by atoms with Gasteiger partial charge in [-0.3, -0.25) is 4.79 Å². The lowest BCUT2D eigenvalue weighted by Gasteiger charge is -2.20. The number of aliphatic carboxylic acids is 1. The van der Waals surface area contributed by atoms with Crippen molar-refractivity contribution in [2.45, 2.75) is 33.2 Å². The Morgan fingerprint density at radius 3 is 2.58 bits per heavy atom.